The van der Waals surface area contributed by atoms with Gasteiger partial charge < -0.3 is 14.6 Å². The highest BCUT2D eigenvalue weighted by Gasteiger charge is 2.15. The lowest BCUT2D eigenvalue weighted by Crippen LogP contribution is -2.31. The maximum Gasteiger partial charge on any atom is 0.329 e. The van der Waals surface area contributed by atoms with Crippen molar-refractivity contribution >= 4 is 12.0 Å². The van der Waals surface area contributed by atoms with Crippen LogP contribution in [0.1, 0.15) is 18.5 Å². The van der Waals surface area contributed by atoms with Gasteiger partial charge in [-0.05, 0) is 24.6 Å². The fraction of sp³-hybridized carbons (Fsp3) is 0.167. The molecule has 1 unspecified atom stereocenters. The zero-order valence-corrected chi connectivity index (χ0v) is 14.2. The highest BCUT2D eigenvalue weighted by atomic mass is 19.1. The average Bonchev–Trinajstić information content (AvgIpc) is 3.10. The fourth-order valence-electron chi connectivity index (χ4n) is 2.34. The molecule has 2 amide bonds. The Morgan fingerprint density at radius 3 is 2.69 bits per heavy atom. The summed E-state index contributed by atoms with van der Waals surface area (Å²) in [5.41, 5.74) is 1.36. The van der Waals surface area contributed by atoms with Crippen LogP contribution in [-0.4, -0.2) is 23.3 Å². The van der Waals surface area contributed by atoms with Gasteiger partial charge in [0.15, 0.2) is 11.6 Å². The fourth-order valence-corrected chi connectivity index (χ4v) is 2.34. The molecule has 0 aliphatic carbocycles. The molecule has 0 aliphatic heterocycles. The van der Waals surface area contributed by atoms with Crippen molar-refractivity contribution in [3.8, 4) is 17.1 Å². The lowest BCUT2D eigenvalue weighted by Gasteiger charge is -2.14. The molecule has 1 aromatic heterocycles. The van der Waals surface area contributed by atoms with Crippen molar-refractivity contribution in [2.45, 2.75) is 13.0 Å². The number of aromatic nitrogens is 2. The van der Waals surface area contributed by atoms with Crippen molar-refractivity contribution in [3.05, 3.63) is 59.9 Å². The minimum absolute atomic E-state index is 0.0329. The number of carbonyl (C=O) groups is 1. The summed E-state index contributed by atoms with van der Waals surface area (Å²) >= 11 is 0. The van der Waals surface area contributed by atoms with E-state index in [-0.39, 0.29) is 11.8 Å². The largest absolute Gasteiger partial charge is 0.494 e. The first kappa shape index (κ1) is 17.4. The van der Waals surface area contributed by atoms with Gasteiger partial charge in [0.2, 0.25) is 5.82 Å². The summed E-state index contributed by atoms with van der Waals surface area (Å²) in [6, 6.07) is 12.7. The van der Waals surface area contributed by atoms with Gasteiger partial charge in [0, 0.05) is 5.56 Å². The van der Waals surface area contributed by atoms with E-state index in [4.69, 9.17) is 9.26 Å². The Kier molecular flexibility index (Phi) is 5.12. The Hall–Kier alpha value is -3.42. The minimum atomic E-state index is -0.544. The third-order valence-electron chi connectivity index (χ3n) is 3.70. The quantitative estimate of drug-likeness (QED) is 0.726. The molecule has 1 atom stereocenters. The number of ether oxygens (including phenoxy) is 1. The first-order valence-electron chi connectivity index (χ1n) is 7.87. The summed E-state index contributed by atoms with van der Waals surface area (Å²) in [7, 11) is 1.39. The number of methoxy groups -OCH3 is 1. The number of benzene rings is 2. The van der Waals surface area contributed by atoms with Crippen LogP contribution in [-0.2, 0) is 0 Å². The average molecular weight is 356 g/mol. The first-order valence-corrected chi connectivity index (χ1v) is 7.87. The smallest absolute Gasteiger partial charge is 0.329 e. The third-order valence-corrected chi connectivity index (χ3v) is 3.70. The molecule has 2 N–H and O–H groups in total. The molecule has 3 aromatic rings. The maximum atomic E-state index is 13.8. The molecule has 134 valence electrons. The molecule has 0 saturated heterocycles. The second-order valence-electron chi connectivity index (χ2n) is 5.50. The summed E-state index contributed by atoms with van der Waals surface area (Å²) < 4.78 is 23.7. The SMILES string of the molecule is COc1ccc(C(C)NC(=O)Nc2nc(-c3ccccc3)no2)cc1F. The lowest BCUT2D eigenvalue weighted by molar-refractivity contribution is 0.248. The monoisotopic (exact) mass is 356 g/mol. The third kappa shape index (κ3) is 3.97. The van der Waals surface area contributed by atoms with Crippen LogP contribution < -0.4 is 15.4 Å². The summed E-state index contributed by atoms with van der Waals surface area (Å²) in [5.74, 6) is 0.0133. The number of halogens is 1. The Morgan fingerprint density at radius 1 is 1.23 bits per heavy atom. The molecule has 0 saturated carbocycles. The summed E-state index contributed by atoms with van der Waals surface area (Å²) in [6.45, 7) is 1.73. The molecule has 1 heterocycles. The van der Waals surface area contributed by atoms with Crippen LogP contribution in [0, 0.1) is 5.82 Å². The number of rotatable bonds is 5. The lowest BCUT2D eigenvalue weighted by atomic mass is 10.1. The molecular weight excluding hydrogens is 339 g/mol. The van der Waals surface area contributed by atoms with Gasteiger partial charge >= 0.3 is 12.0 Å². The number of carbonyl (C=O) groups excluding carboxylic acids is 1. The van der Waals surface area contributed by atoms with Gasteiger partial charge in [0.1, 0.15) is 0 Å². The van der Waals surface area contributed by atoms with Crippen LogP contribution in [0.25, 0.3) is 11.4 Å². The van der Waals surface area contributed by atoms with Gasteiger partial charge in [0.25, 0.3) is 0 Å². The van der Waals surface area contributed by atoms with Crippen LogP contribution in [0.4, 0.5) is 15.2 Å². The molecule has 26 heavy (non-hydrogen) atoms. The normalized spacial score (nSPS) is 11.7. The molecule has 8 heteroatoms. The van der Waals surface area contributed by atoms with Crippen LogP contribution in [0.15, 0.2) is 53.1 Å². The van der Waals surface area contributed by atoms with Crippen molar-refractivity contribution in [1.82, 2.24) is 15.5 Å². The van der Waals surface area contributed by atoms with Gasteiger partial charge in [-0.3, -0.25) is 5.32 Å². The molecule has 2 aromatic carbocycles. The molecular formula is C18H17FN4O3. The van der Waals surface area contributed by atoms with Crippen molar-refractivity contribution in [1.29, 1.82) is 0 Å². The molecule has 7 nitrogen and oxygen atoms in total. The molecule has 0 bridgehead atoms. The van der Waals surface area contributed by atoms with Crippen molar-refractivity contribution in [2.75, 3.05) is 12.4 Å². The maximum absolute atomic E-state index is 13.8. The zero-order valence-electron chi connectivity index (χ0n) is 14.2. The minimum Gasteiger partial charge on any atom is -0.494 e. The number of amides is 2. The van der Waals surface area contributed by atoms with Crippen molar-refractivity contribution in [2.24, 2.45) is 0 Å². The van der Waals surface area contributed by atoms with Crippen LogP contribution in [0.2, 0.25) is 0 Å². The molecule has 0 spiro atoms. The zero-order chi connectivity index (χ0) is 18.5. The first-order chi connectivity index (χ1) is 12.6. The second-order valence-corrected chi connectivity index (χ2v) is 5.50. The Bertz CT molecular complexity index is 898. The van der Waals surface area contributed by atoms with E-state index < -0.39 is 17.9 Å². The number of nitrogens with zero attached hydrogens (tertiary/aromatic N) is 2. The van der Waals surface area contributed by atoms with Crippen LogP contribution in [0.3, 0.4) is 0 Å². The van der Waals surface area contributed by atoms with E-state index in [1.165, 1.54) is 19.2 Å². The molecule has 0 radical (unpaired) electrons. The number of nitrogens with one attached hydrogen (secondary N) is 2. The van der Waals surface area contributed by atoms with Crippen LogP contribution >= 0.6 is 0 Å². The molecule has 3 rings (SSSR count). The Labute approximate surface area is 149 Å². The number of hydrogen-bond donors (Lipinski definition) is 2. The van der Waals surface area contributed by atoms with E-state index in [0.29, 0.717) is 11.4 Å². The van der Waals surface area contributed by atoms with Crippen molar-refractivity contribution < 1.29 is 18.4 Å². The number of hydrogen-bond acceptors (Lipinski definition) is 5. The van der Waals surface area contributed by atoms with Gasteiger partial charge in [-0.25, -0.2) is 9.18 Å². The van der Waals surface area contributed by atoms with Gasteiger partial charge in [0.05, 0.1) is 13.2 Å². The van der Waals surface area contributed by atoms with E-state index >= 15 is 0 Å². The van der Waals surface area contributed by atoms with Gasteiger partial charge in [-0.15, -0.1) is 0 Å². The van der Waals surface area contributed by atoms with E-state index in [9.17, 15) is 9.18 Å². The standard InChI is InChI=1S/C18H17FN4O3/c1-11(13-8-9-15(25-2)14(19)10-13)20-17(24)22-18-21-16(23-26-18)12-6-4-3-5-7-12/h3-11H,1-2H3,(H2,20,21,22,23,24). The second kappa shape index (κ2) is 7.64. The van der Waals surface area contributed by atoms with E-state index in [0.717, 1.165) is 5.56 Å². The summed E-state index contributed by atoms with van der Waals surface area (Å²) in [4.78, 5) is 16.2. The predicted octanol–water partition coefficient (Wildman–Crippen LogP) is 3.77. The van der Waals surface area contributed by atoms with E-state index in [1.807, 2.05) is 30.3 Å². The number of anilines is 1. The van der Waals surface area contributed by atoms with Gasteiger partial charge in [-0.2, -0.15) is 4.98 Å². The molecule has 0 aliphatic rings. The highest BCUT2D eigenvalue weighted by molar-refractivity contribution is 5.87. The topological polar surface area (TPSA) is 89.3 Å². The van der Waals surface area contributed by atoms with Crippen LogP contribution in [0.5, 0.6) is 5.75 Å². The van der Waals surface area contributed by atoms with Gasteiger partial charge in [-0.1, -0.05) is 41.6 Å². The summed E-state index contributed by atoms with van der Waals surface area (Å²) in [5, 5.41) is 8.95. The van der Waals surface area contributed by atoms with E-state index in [2.05, 4.69) is 20.8 Å². The van der Waals surface area contributed by atoms with E-state index in [1.54, 1.807) is 13.0 Å². The Balaban J connectivity index is 1.62. The Morgan fingerprint density at radius 2 is 2.00 bits per heavy atom. The highest BCUT2D eigenvalue weighted by Crippen LogP contribution is 2.22. The summed E-state index contributed by atoms with van der Waals surface area (Å²) in [6.07, 6.45) is 0. The predicted molar refractivity (Wildman–Crippen MR) is 93.3 cm³/mol. The molecule has 0 fully saturated rings. The van der Waals surface area contributed by atoms with Crippen molar-refractivity contribution in [3.63, 3.8) is 0 Å². The number of urea groups is 1.